The van der Waals surface area contributed by atoms with Crippen molar-refractivity contribution in [1.29, 1.82) is 0 Å². The average molecular weight is 602 g/mol. The van der Waals surface area contributed by atoms with Crippen molar-refractivity contribution in [3.63, 3.8) is 0 Å². The van der Waals surface area contributed by atoms with Gasteiger partial charge in [-0.15, -0.1) is 0 Å². The van der Waals surface area contributed by atoms with Crippen LogP contribution < -0.4 is 0 Å². The van der Waals surface area contributed by atoms with E-state index in [0.717, 1.165) is 5.56 Å². The highest BCUT2D eigenvalue weighted by atomic mass is 19.1. The fourth-order valence-corrected chi connectivity index (χ4v) is 4.93. The summed E-state index contributed by atoms with van der Waals surface area (Å²) in [5, 5.41) is 10.2. The predicted molar refractivity (Wildman–Crippen MR) is 162 cm³/mol. The van der Waals surface area contributed by atoms with Gasteiger partial charge in [-0.25, -0.2) is 13.6 Å². The molecule has 1 aromatic heterocycles. The number of esters is 2. The second-order valence-electron chi connectivity index (χ2n) is 10.5. The van der Waals surface area contributed by atoms with Crippen molar-refractivity contribution in [3.05, 3.63) is 114 Å². The summed E-state index contributed by atoms with van der Waals surface area (Å²) in [6, 6.07) is 20.1. The number of benzene rings is 3. The van der Waals surface area contributed by atoms with Crippen LogP contribution in [0.4, 0.5) is 8.78 Å². The van der Waals surface area contributed by atoms with Gasteiger partial charge in [-0.2, -0.15) is 0 Å². The first-order valence-electron chi connectivity index (χ1n) is 14.1. The fraction of sp³-hybridized carbons (Fsp3) is 0.229. The van der Waals surface area contributed by atoms with E-state index in [4.69, 9.17) is 4.74 Å². The molecule has 44 heavy (non-hydrogen) atoms. The van der Waals surface area contributed by atoms with E-state index in [2.05, 4.69) is 4.74 Å². The molecule has 1 N–H and O–H groups in total. The maximum absolute atomic E-state index is 14.0. The summed E-state index contributed by atoms with van der Waals surface area (Å²) in [7, 11) is 1.19. The second-order valence-corrected chi connectivity index (χ2v) is 10.5. The van der Waals surface area contributed by atoms with E-state index in [1.807, 2.05) is 44.2 Å². The normalized spacial score (nSPS) is 12.0. The molecule has 0 radical (unpaired) electrons. The highest BCUT2D eigenvalue weighted by Gasteiger charge is 2.30. The van der Waals surface area contributed by atoms with Crippen molar-refractivity contribution in [2.75, 3.05) is 7.11 Å². The Bertz CT molecular complexity index is 1640. The molecule has 0 fully saturated rings. The lowest BCUT2D eigenvalue weighted by Gasteiger charge is -2.16. The number of ether oxygens (including phenoxy) is 2. The van der Waals surface area contributed by atoms with Crippen LogP contribution in [-0.2, 0) is 25.7 Å². The minimum atomic E-state index is -1.24. The van der Waals surface area contributed by atoms with Crippen LogP contribution in [0.15, 0.2) is 84.9 Å². The van der Waals surface area contributed by atoms with E-state index in [1.54, 1.807) is 16.7 Å². The number of nitrogens with zero attached hydrogens (tertiary/aromatic N) is 1. The van der Waals surface area contributed by atoms with E-state index in [9.17, 15) is 28.3 Å². The molecule has 1 unspecified atom stereocenters. The van der Waals surface area contributed by atoms with Crippen LogP contribution in [0.3, 0.4) is 0 Å². The van der Waals surface area contributed by atoms with Crippen molar-refractivity contribution in [1.82, 2.24) is 4.57 Å². The zero-order chi connectivity index (χ0) is 31.8. The number of hydrogen-bond donors (Lipinski definition) is 1. The monoisotopic (exact) mass is 601 g/mol. The molecule has 1 heterocycles. The number of aromatic nitrogens is 1. The summed E-state index contributed by atoms with van der Waals surface area (Å²) in [4.78, 5) is 38.3. The van der Waals surface area contributed by atoms with Crippen molar-refractivity contribution >= 4 is 23.8 Å². The number of rotatable bonds is 12. The standard InChI is InChI=1S/C35H33F2NO6/c1-22(2)38-30(18-17-28(39)19-29(40)20-31(41)43-3)32(24-9-13-26(36)14-10-24)33(25-11-15-27(37)16-12-25)34(38)35(42)44-21-23-7-5-4-6-8-23/h4-18,22,29,40H,19-21H2,1-3H3/b18-17+. The molecule has 228 valence electrons. The first kappa shape index (κ1) is 32.0. The minimum absolute atomic E-state index is 0.000566. The number of aliphatic hydroxyl groups is 1. The molecule has 4 aromatic rings. The van der Waals surface area contributed by atoms with Crippen LogP contribution >= 0.6 is 0 Å². The molecule has 0 aliphatic heterocycles. The van der Waals surface area contributed by atoms with Crippen LogP contribution in [0.2, 0.25) is 0 Å². The summed E-state index contributed by atoms with van der Waals surface area (Å²) in [5.74, 6) is -2.70. The number of hydrogen-bond acceptors (Lipinski definition) is 6. The summed E-state index contributed by atoms with van der Waals surface area (Å²) in [6.45, 7) is 3.71. The van der Waals surface area contributed by atoms with Crippen LogP contribution in [0.25, 0.3) is 28.3 Å². The summed E-state index contributed by atoms with van der Waals surface area (Å²) in [6.07, 6.45) is 0.857. The number of ketones is 1. The lowest BCUT2D eigenvalue weighted by atomic mass is 9.94. The Morgan fingerprint density at radius 1 is 0.841 bits per heavy atom. The molecule has 0 saturated heterocycles. The van der Waals surface area contributed by atoms with Gasteiger partial charge in [0.1, 0.15) is 23.9 Å². The summed E-state index contributed by atoms with van der Waals surface area (Å²) in [5.41, 5.74) is 3.35. The van der Waals surface area contributed by atoms with Gasteiger partial charge in [0.25, 0.3) is 0 Å². The van der Waals surface area contributed by atoms with E-state index in [0.29, 0.717) is 27.9 Å². The van der Waals surface area contributed by atoms with Gasteiger partial charge in [0.2, 0.25) is 0 Å². The molecule has 1 atom stereocenters. The molecule has 0 bridgehead atoms. The third kappa shape index (κ3) is 7.73. The minimum Gasteiger partial charge on any atom is -0.469 e. The number of halogens is 2. The zero-order valence-corrected chi connectivity index (χ0v) is 24.6. The molecule has 0 amide bonds. The Kier molecular flexibility index (Phi) is 10.6. The van der Waals surface area contributed by atoms with Gasteiger partial charge in [0, 0.05) is 23.6 Å². The molecular formula is C35H33F2NO6. The topological polar surface area (TPSA) is 94.8 Å². The number of aliphatic hydroxyl groups excluding tert-OH is 1. The maximum Gasteiger partial charge on any atom is 0.355 e. The van der Waals surface area contributed by atoms with E-state index in [-0.39, 0.29) is 31.2 Å². The van der Waals surface area contributed by atoms with Crippen LogP contribution in [-0.4, -0.2) is 40.6 Å². The molecule has 0 saturated carbocycles. The zero-order valence-electron chi connectivity index (χ0n) is 24.6. The molecular weight excluding hydrogens is 568 g/mol. The quantitative estimate of drug-likeness (QED) is 0.140. The van der Waals surface area contributed by atoms with Crippen LogP contribution in [0, 0.1) is 11.6 Å². The SMILES string of the molecule is COC(=O)CC(O)CC(=O)/C=C/c1c(-c2ccc(F)cc2)c(-c2ccc(F)cc2)c(C(=O)OCc2ccccc2)n1C(C)C. The molecule has 0 aliphatic carbocycles. The van der Waals surface area contributed by atoms with E-state index < -0.39 is 35.5 Å². The Morgan fingerprint density at radius 3 is 1.95 bits per heavy atom. The average Bonchev–Trinajstić information content (AvgIpc) is 3.35. The first-order chi connectivity index (χ1) is 21.1. The predicted octanol–water partition coefficient (Wildman–Crippen LogP) is 6.93. The van der Waals surface area contributed by atoms with Crippen LogP contribution in [0.5, 0.6) is 0 Å². The van der Waals surface area contributed by atoms with Crippen molar-refractivity contribution in [2.24, 2.45) is 0 Å². The molecule has 3 aromatic carbocycles. The van der Waals surface area contributed by atoms with Gasteiger partial charge >= 0.3 is 11.9 Å². The van der Waals surface area contributed by atoms with Gasteiger partial charge in [0.15, 0.2) is 5.78 Å². The number of allylic oxidation sites excluding steroid dienone is 1. The molecule has 4 rings (SSSR count). The van der Waals surface area contributed by atoms with Gasteiger partial charge in [-0.05, 0) is 67.0 Å². The molecule has 9 heteroatoms. The fourth-order valence-electron chi connectivity index (χ4n) is 4.93. The second kappa shape index (κ2) is 14.5. The van der Waals surface area contributed by atoms with Crippen molar-refractivity contribution in [2.45, 2.75) is 45.4 Å². The largest absolute Gasteiger partial charge is 0.469 e. The van der Waals surface area contributed by atoms with Crippen molar-refractivity contribution < 1.29 is 37.7 Å². The summed E-state index contributed by atoms with van der Waals surface area (Å²) < 4.78 is 40.1. The maximum atomic E-state index is 14.0. The lowest BCUT2D eigenvalue weighted by Crippen LogP contribution is -2.18. The van der Waals surface area contributed by atoms with Gasteiger partial charge < -0.3 is 19.1 Å². The van der Waals surface area contributed by atoms with Crippen LogP contribution in [0.1, 0.15) is 54.5 Å². The number of carbonyl (C=O) groups excluding carboxylic acids is 3. The number of methoxy groups -OCH3 is 1. The Labute approximate surface area is 254 Å². The Morgan fingerprint density at radius 2 is 1.41 bits per heavy atom. The molecule has 0 spiro atoms. The first-order valence-corrected chi connectivity index (χ1v) is 14.1. The summed E-state index contributed by atoms with van der Waals surface area (Å²) >= 11 is 0. The van der Waals surface area contributed by atoms with E-state index >= 15 is 0 Å². The number of carbonyl (C=O) groups is 3. The Balaban J connectivity index is 1.91. The van der Waals surface area contributed by atoms with Gasteiger partial charge in [-0.3, -0.25) is 9.59 Å². The highest BCUT2D eigenvalue weighted by Crippen LogP contribution is 2.43. The highest BCUT2D eigenvalue weighted by molar-refractivity contribution is 6.05. The molecule has 0 aliphatic rings. The smallest absolute Gasteiger partial charge is 0.355 e. The van der Waals surface area contributed by atoms with Gasteiger partial charge in [-0.1, -0.05) is 54.6 Å². The van der Waals surface area contributed by atoms with Crippen molar-refractivity contribution in [3.8, 4) is 22.3 Å². The lowest BCUT2D eigenvalue weighted by molar-refractivity contribution is -0.143. The third-order valence-corrected chi connectivity index (χ3v) is 6.93. The van der Waals surface area contributed by atoms with E-state index in [1.165, 1.54) is 55.7 Å². The third-order valence-electron chi connectivity index (χ3n) is 6.93. The van der Waals surface area contributed by atoms with Gasteiger partial charge in [0.05, 0.1) is 25.3 Å². The Hall–Kier alpha value is -4.89. The molecule has 7 nitrogen and oxygen atoms in total.